The van der Waals surface area contributed by atoms with Crippen LogP contribution in [0.1, 0.15) is 32.0 Å². The van der Waals surface area contributed by atoms with Gasteiger partial charge in [-0.2, -0.15) is 13.2 Å². The minimum atomic E-state index is -4.72. The lowest BCUT2D eigenvalue weighted by atomic mass is 10.1. The molecule has 1 saturated heterocycles. The number of hydrogen-bond acceptors (Lipinski definition) is 7. The average Bonchev–Trinajstić information content (AvgIpc) is 3.01. The van der Waals surface area contributed by atoms with Crippen molar-refractivity contribution in [1.82, 2.24) is 9.97 Å². The highest BCUT2D eigenvalue weighted by molar-refractivity contribution is 8.01. The van der Waals surface area contributed by atoms with E-state index >= 15 is 0 Å². The summed E-state index contributed by atoms with van der Waals surface area (Å²) in [7, 11) is -3.63. The van der Waals surface area contributed by atoms with Crippen molar-refractivity contribution in [3.05, 3.63) is 96.2 Å². The van der Waals surface area contributed by atoms with Crippen LogP contribution in [0.15, 0.2) is 89.8 Å². The van der Waals surface area contributed by atoms with E-state index in [1.165, 1.54) is 18.2 Å². The molecule has 5 rings (SSSR count). The Morgan fingerprint density at radius 2 is 1.69 bits per heavy atom. The summed E-state index contributed by atoms with van der Waals surface area (Å²) in [6.07, 6.45) is -5.39. The van der Waals surface area contributed by atoms with Gasteiger partial charge in [0.15, 0.2) is 5.82 Å². The van der Waals surface area contributed by atoms with Crippen LogP contribution in [0, 0.1) is 0 Å². The van der Waals surface area contributed by atoms with E-state index in [9.17, 15) is 22.2 Å². The highest BCUT2D eigenvalue weighted by atomic mass is 32.2. The van der Waals surface area contributed by atoms with E-state index in [0.29, 0.717) is 42.6 Å². The molecule has 0 bridgehead atoms. The summed E-state index contributed by atoms with van der Waals surface area (Å²) in [5.41, 5.74) is 0.306. The van der Waals surface area contributed by atoms with Crippen molar-refractivity contribution in [3.63, 3.8) is 0 Å². The van der Waals surface area contributed by atoms with E-state index in [-0.39, 0.29) is 22.5 Å². The second-order valence-corrected chi connectivity index (χ2v) is 13.9. The number of morpholine rings is 1. The van der Waals surface area contributed by atoms with Crippen molar-refractivity contribution in [2.24, 2.45) is 0 Å². The summed E-state index contributed by atoms with van der Waals surface area (Å²) >= 11 is 0. The molecule has 45 heavy (non-hydrogen) atoms. The number of rotatable bonds is 7. The van der Waals surface area contributed by atoms with Crippen molar-refractivity contribution < 1.29 is 31.6 Å². The number of ether oxygens (including phenoxy) is 2. The smallest absolute Gasteiger partial charge is 0.410 e. The zero-order valence-corrected chi connectivity index (χ0v) is 25.8. The number of amides is 1. The van der Waals surface area contributed by atoms with Crippen LogP contribution < -0.4 is 15.0 Å². The topological polar surface area (TPSA) is 93.7 Å². The van der Waals surface area contributed by atoms with Gasteiger partial charge in [0.2, 0.25) is 0 Å². The number of hydrogen-bond donors (Lipinski definition) is 1. The Labute approximate surface area is 260 Å². The van der Waals surface area contributed by atoms with E-state index in [2.05, 4.69) is 11.2 Å². The fourth-order valence-electron chi connectivity index (χ4n) is 4.96. The molecule has 2 atom stereocenters. The first-order valence-electron chi connectivity index (χ1n) is 14.2. The van der Waals surface area contributed by atoms with Crippen molar-refractivity contribution in [2.75, 3.05) is 30.0 Å². The first-order valence-corrected chi connectivity index (χ1v) is 15.9. The zero-order chi connectivity index (χ0) is 32.4. The van der Waals surface area contributed by atoms with Gasteiger partial charge in [-0.1, -0.05) is 30.3 Å². The Hall–Kier alpha value is -4.42. The van der Waals surface area contributed by atoms with Crippen LogP contribution in [0.3, 0.4) is 0 Å². The minimum absolute atomic E-state index is 0.0465. The molecule has 0 spiro atoms. The third kappa shape index (κ3) is 6.81. The summed E-state index contributed by atoms with van der Waals surface area (Å²) < 4.78 is 65.8. The van der Waals surface area contributed by atoms with Gasteiger partial charge < -0.3 is 14.4 Å². The molecule has 1 amide bonds. The Morgan fingerprint density at radius 1 is 1.02 bits per heavy atom. The van der Waals surface area contributed by atoms with Crippen molar-refractivity contribution >= 4 is 33.0 Å². The molecule has 1 unspecified atom stereocenters. The van der Waals surface area contributed by atoms with Crippen molar-refractivity contribution in [3.8, 4) is 17.1 Å². The lowest BCUT2D eigenvalue weighted by molar-refractivity contribution is -0.139. The molecule has 4 aromatic rings. The molecule has 236 valence electrons. The van der Waals surface area contributed by atoms with E-state index < -0.39 is 32.1 Å². The monoisotopic (exact) mass is 638 g/mol. The van der Waals surface area contributed by atoms with Gasteiger partial charge in [-0.25, -0.2) is 14.8 Å². The normalized spacial score (nSPS) is 16.9. The number of alkyl halides is 3. The van der Waals surface area contributed by atoms with Gasteiger partial charge in [0, 0.05) is 38.3 Å². The standard InChI is InChI=1S/C33H33F3N4O4S/c1-22-21-43-19-18-40(22)29-20-28(32(2,3)45(4,42)27-13-9-8-12-26(27)33(34,35)36)38-30(39-29)23-14-16-24(17-15-23)37-31(41)44-25-10-6-5-7-11-25/h5-17,20,22H,4,18-19,21H2,1-3H3,(H,37,41)/t22-,45?/m0/s1. The number of carbonyl (C=O) groups excluding carboxylic acids is 1. The van der Waals surface area contributed by atoms with E-state index in [1.54, 1.807) is 68.4 Å². The van der Waals surface area contributed by atoms with E-state index in [1.807, 2.05) is 17.9 Å². The number of nitrogens with zero attached hydrogens (tertiary/aromatic N) is 3. The first kappa shape index (κ1) is 32.0. The fraction of sp³-hybridized carbons (Fsp3) is 0.273. The first-order chi connectivity index (χ1) is 21.3. The SMILES string of the molecule is C=S(=O)(c1ccccc1C(F)(F)F)C(C)(C)c1cc(N2CCOC[C@@H]2C)nc(-c2ccc(NC(=O)Oc3ccccc3)cc2)n1. The Kier molecular flexibility index (Phi) is 8.90. The van der Waals surface area contributed by atoms with Gasteiger partial charge in [0.05, 0.1) is 35.3 Å². The fourth-order valence-corrected chi connectivity index (χ4v) is 6.79. The van der Waals surface area contributed by atoms with Crippen molar-refractivity contribution in [1.29, 1.82) is 0 Å². The lowest BCUT2D eigenvalue weighted by Crippen LogP contribution is -2.44. The highest BCUT2D eigenvalue weighted by Crippen LogP contribution is 2.42. The number of benzene rings is 3. The molecule has 0 aliphatic carbocycles. The molecular weight excluding hydrogens is 605 g/mol. The van der Waals surface area contributed by atoms with E-state index in [4.69, 9.17) is 19.4 Å². The minimum Gasteiger partial charge on any atom is -0.410 e. The molecule has 2 heterocycles. The van der Waals surface area contributed by atoms with Crippen LogP contribution in [0.2, 0.25) is 0 Å². The lowest BCUT2D eigenvalue weighted by Gasteiger charge is -2.36. The number of halogens is 3. The third-order valence-electron chi connectivity index (χ3n) is 7.71. The maximum absolute atomic E-state index is 14.4. The predicted octanol–water partition coefficient (Wildman–Crippen LogP) is 7.01. The molecule has 1 fully saturated rings. The van der Waals surface area contributed by atoms with Crippen LogP contribution in [0.25, 0.3) is 11.4 Å². The number of para-hydroxylation sites is 1. The Balaban J connectivity index is 1.53. The number of anilines is 2. The Bertz CT molecular complexity index is 1780. The molecule has 0 saturated carbocycles. The highest BCUT2D eigenvalue weighted by Gasteiger charge is 2.41. The van der Waals surface area contributed by atoms with Gasteiger partial charge >= 0.3 is 12.3 Å². The second kappa shape index (κ2) is 12.5. The molecule has 1 N–H and O–H groups in total. The molecule has 0 radical (unpaired) electrons. The number of nitrogens with one attached hydrogen (secondary N) is 1. The van der Waals surface area contributed by atoms with Crippen LogP contribution in [-0.2, 0) is 25.2 Å². The van der Waals surface area contributed by atoms with E-state index in [0.717, 1.165) is 6.07 Å². The second-order valence-electron chi connectivity index (χ2n) is 11.1. The molecule has 3 aromatic carbocycles. The van der Waals surface area contributed by atoms with Crippen LogP contribution in [-0.4, -0.2) is 51.9 Å². The molecular formula is C33H33F3N4O4S. The van der Waals surface area contributed by atoms with Gasteiger partial charge in [-0.05, 0) is 75.2 Å². The zero-order valence-electron chi connectivity index (χ0n) is 25.0. The summed E-state index contributed by atoms with van der Waals surface area (Å²) in [4.78, 5) is 23.5. The van der Waals surface area contributed by atoms with Gasteiger partial charge in [0.25, 0.3) is 0 Å². The number of carbonyl (C=O) groups is 1. The quantitative estimate of drug-likeness (QED) is 0.218. The summed E-state index contributed by atoms with van der Waals surface area (Å²) in [6.45, 7) is 6.60. The van der Waals surface area contributed by atoms with Gasteiger partial charge in [-0.15, -0.1) is 0 Å². The molecule has 8 nitrogen and oxygen atoms in total. The maximum Gasteiger partial charge on any atom is 0.417 e. The molecule has 12 heteroatoms. The summed E-state index contributed by atoms with van der Waals surface area (Å²) in [5.74, 6) is 5.06. The Morgan fingerprint density at radius 3 is 2.36 bits per heavy atom. The summed E-state index contributed by atoms with van der Waals surface area (Å²) in [6, 6.07) is 21.8. The van der Waals surface area contributed by atoms with Crippen LogP contribution >= 0.6 is 0 Å². The predicted molar refractivity (Wildman–Crippen MR) is 169 cm³/mol. The maximum atomic E-state index is 14.4. The van der Waals surface area contributed by atoms with Gasteiger partial charge in [0.1, 0.15) is 11.6 Å². The third-order valence-corrected chi connectivity index (χ3v) is 10.6. The molecule has 1 aliphatic heterocycles. The van der Waals surface area contributed by atoms with Gasteiger partial charge in [-0.3, -0.25) is 9.53 Å². The molecule has 1 aromatic heterocycles. The van der Waals surface area contributed by atoms with Crippen molar-refractivity contribution in [2.45, 2.75) is 42.6 Å². The summed E-state index contributed by atoms with van der Waals surface area (Å²) in [5, 5.41) is 2.67. The largest absolute Gasteiger partial charge is 0.417 e. The molecule has 1 aliphatic rings. The average molecular weight is 639 g/mol. The van der Waals surface area contributed by atoms with Crippen LogP contribution in [0.4, 0.5) is 29.5 Å². The number of aromatic nitrogens is 2. The van der Waals surface area contributed by atoms with Crippen LogP contribution in [0.5, 0.6) is 5.75 Å².